The molecule has 0 bridgehead atoms. The summed E-state index contributed by atoms with van der Waals surface area (Å²) in [5.41, 5.74) is 1.46. The molecule has 0 spiro atoms. The molecule has 2 fully saturated rings. The molecule has 2 saturated heterocycles. The van der Waals surface area contributed by atoms with Gasteiger partial charge in [0.25, 0.3) is 5.91 Å². The first-order valence-corrected chi connectivity index (χ1v) is 9.70. The Labute approximate surface area is 163 Å². The Morgan fingerprint density at radius 2 is 1.86 bits per heavy atom. The highest BCUT2D eigenvalue weighted by Crippen LogP contribution is 2.23. The van der Waals surface area contributed by atoms with Gasteiger partial charge in [0.15, 0.2) is 11.6 Å². The first-order valence-electron chi connectivity index (χ1n) is 9.70. The number of benzene rings is 1. The van der Waals surface area contributed by atoms with Crippen LogP contribution in [0.3, 0.4) is 0 Å². The predicted molar refractivity (Wildman–Crippen MR) is 103 cm³/mol. The molecule has 0 aliphatic carbocycles. The van der Waals surface area contributed by atoms with E-state index < -0.39 is 0 Å². The van der Waals surface area contributed by atoms with Crippen LogP contribution in [0, 0.1) is 5.82 Å². The number of pyridine rings is 1. The van der Waals surface area contributed by atoms with Gasteiger partial charge >= 0.3 is 0 Å². The zero-order valence-corrected chi connectivity index (χ0v) is 15.7. The van der Waals surface area contributed by atoms with Gasteiger partial charge in [-0.15, -0.1) is 0 Å². The summed E-state index contributed by atoms with van der Waals surface area (Å²) >= 11 is 0. The van der Waals surface area contributed by atoms with E-state index in [1.54, 1.807) is 29.3 Å². The lowest BCUT2D eigenvalue weighted by Gasteiger charge is -2.32. The second kappa shape index (κ2) is 8.56. The molecule has 2 aliphatic rings. The number of aromatic nitrogens is 1. The molecule has 2 aliphatic heterocycles. The molecule has 0 radical (unpaired) electrons. The van der Waals surface area contributed by atoms with E-state index in [0.29, 0.717) is 44.8 Å². The molecule has 3 heterocycles. The largest absolute Gasteiger partial charge is 0.487 e. The fourth-order valence-corrected chi connectivity index (χ4v) is 3.61. The number of anilines is 1. The molecule has 7 heteroatoms. The quantitative estimate of drug-likeness (QED) is 0.810. The lowest BCUT2D eigenvalue weighted by molar-refractivity contribution is 0.0583. The van der Waals surface area contributed by atoms with Crippen molar-refractivity contribution in [2.24, 2.45) is 0 Å². The fourth-order valence-electron chi connectivity index (χ4n) is 3.61. The number of piperidine rings is 1. The molecule has 2 aromatic rings. The summed E-state index contributed by atoms with van der Waals surface area (Å²) in [6, 6.07) is 10.2. The molecule has 0 unspecified atom stereocenters. The highest BCUT2D eigenvalue weighted by Gasteiger charge is 2.26. The molecule has 0 atom stereocenters. The van der Waals surface area contributed by atoms with E-state index in [9.17, 15) is 9.18 Å². The number of hydrogen-bond acceptors (Lipinski definition) is 5. The van der Waals surface area contributed by atoms with Gasteiger partial charge in [-0.1, -0.05) is 12.1 Å². The molecule has 1 amide bonds. The summed E-state index contributed by atoms with van der Waals surface area (Å²) in [4.78, 5) is 21.2. The first-order chi connectivity index (χ1) is 13.7. The molecular weight excluding hydrogens is 361 g/mol. The van der Waals surface area contributed by atoms with Crippen molar-refractivity contribution in [1.29, 1.82) is 0 Å². The fraction of sp³-hybridized carbons (Fsp3) is 0.429. The summed E-state index contributed by atoms with van der Waals surface area (Å²) in [6.07, 6.45) is 2.94. The maximum absolute atomic E-state index is 13.8. The Bertz CT molecular complexity index is 818. The number of morpholine rings is 1. The molecule has 1 aromatic carbocycles. The number of rotatable bonds is 4. The topological polar surface area (TPSA) is 54.9 Å². The second-order valence-electron chi connectivity index (χ2n) is 7.04. The van der Waals surface area contributed by atoms with Gasteiger partial charge in [-0.25, -0.2) is 4.39 Å². The zero-order valence-electron chi connectivity index (χ0n) is 15.7. The number of para-hydroxylation sites is 1. The summed E-state index contributed by atoms with van der Waals surface area (Å²) in [5, 5.41) is 0. The average molecular weight is 385 g/mol. The SMILES string of the molecule is O=C(c1cc(N2CCOCC2)ccn1)N1CCC(Oc2ccccc2F)CC1. The van der Waals surface area contributed by atoms with Crippen molar-refractivity contribution in [3.05, 3.63) is 54.1 Å². The molecule has 148 valence electrons. The molecule has 28 heavy (non-hydrogen) atoms. The van der Waals surface area contributed by atoms with E-state index in [1.165, 1.54) is 6.07 Å². The number of carbonyl (C=O) groups excluding carboxylic acids is 1. The molecule has 0 saturated carbocycles. The normalized spacial score (nSPS) is 18.2. The Balaban J connectivity index is 1.35. The number of hydrogen-bond donors (Lipinski definition) is 0. The minimum atomic E-state index is -0.356. The van der Waals surface area contributed by atoms with Crippen molar-refractivity contribution >= 4 is 11.6 Å². The van der Waals surface area contributed by atoms with Gasteiger partial charge in [0, 0.05) is 50.9 Å². The van der Waals surface area contributed by atoms with Gasteiger partial charge < -0.3 is 19.3 Å². The van der Waals surface area contributed by atoms with Gasteiger partial charge in [-0.3, -0.25) is 9.78 Å². The first kappa shape index (κ1) is 18.7. The molecule has 4 rings (SSSR count). The second-order valence-corrected chi connectivity index (χ2v) is 7.04. The highest BCUT2D eigenvalue weighted by molar-refractivity contribution is 5.93. The smallest absolute Gasteiger partial charge is 0.272 e. The van der Waals surface area contributed by atoms with E-state index in [2.05, 4.69) is 9.88 Å². The van der Waals surface area contributed by atoms with Crippen LogP contribution in [0.15, 0.2) is 42.6 Å². The van der Waals surface area contributed by atoms with E-state index in [4.69, 9.17) is 9.47 Å². The van der Waals surface area contributed by atoms with Gasteiger partial charge in [-0.2, -0.15) is 0 Å². The number of likely N-dealkylation sites (tertiary alicyclic amines) is 1. The third-order valence-corrected chi connectivity index (χ3v) is 5.20. The predicted octanol–water partition coefficient (Wildman–Crippen LogP) is 2.74. The number of halogens is 1. The number of amides is 1. The Kier molecular flexibility index (Phi) is 5.71. The monoisotopic (exact) mass is 385 g/mol. The highest BCUT2D eigenvalue weighted by atomic mass is 19.1. The zero-order chi connectivity index (χ0) is 19.3. The van der Waals surface area contributed by atoms with E-state index in [0.717, 1.165) is 18.8 Å². The van der Waals surface area contributed by atoms with Crippen molar-refractivity contribution in [2.75, 3.05) is 44.3 Å². The van der Waals surface area contributed by atoms with Crippen LogP contribution in [0.1, 0.15) is 23.3 Å². The van der Waals surface area contributed by atoms with Crippen LogP contribution in [0.4, 0.5) is 10.1 Å². The molecule has 1 aromatic heterocycles. The van der Waals surface area contributed by atoms with Gasteiger partial charge in [0.05, 0.1) is 13.2 Å². The molecular formula is C21H24FN3O3. The van der Waals surface area contributed by atoms with Crippen molar-refractivity contribution in [2.45, 2.75) is 18.9 Å². The standard InChI is InChI=1S/C21H24FN3O3/c22-18-3-1-2-4-20(18)28-17-6-9-25(10-7-17)21(26)19-15-16(5-8-23-19)24-11-13-27-14-12-24/h1-5,8,15,17H,6-7,9-14H2. The van der Waals surface area contributed by atoms with Crippen LogP contribution in [0.2, 0.25) is 0 Å². The molecule has 6 nitrogen and oxygen atoms in total. The van der Waals surface area contributed by atoms with Crippen LogP contribution in [-0.2, 0) is 4.74 Å². The minimum absolute atomic E-state index is 0.0700. The van der Waals surface area contributed by atoms with Crippen LogP contribution in [0.25, 0.3) is 0 Å². The lowest BCUT2D eigenvalue weighted by Crippen LogP contribution is -2.42. The van der Waals surface area contributed by atoms with Gasteiger partial charge in [0.2, 0.25) is 0 Å². The summed E-state index contributed by atoms with van der Waals surface area (Å²) in [6.45, 7) is 4.16. The minimum Gasteiger partial charge on any atom is -0.487 e. The van der Waals surface area contributed by atoms with Crippen LogP contribution >= 0.6 is 0 Å². The Morgan fingerprint density at radius 1 is 1.11 bits per heavy atom. The van der Waals surface area contributed by atoms with Crippen molar-refractivity contribution in [1.82, 2.24) is 9.88 Å². The number of ether oxygens (including phenoxy) is 2. The third kappa shape index (κ3) is 4.25. The van der Waals surface area contributed by atoms with Gasteiger partial charge in [-0.05, 0) is 24.3 Å². The lowest BCUT2D eigenvalue weighted by atomic mass is 10.1. The van der Waals surface area contributed by atoms with E-state index in [-0.39, 0.29) is 23.6 Å². The van der Waals surface area contributed by atoms with Gasteiger partial charge in [0.1, 0.15) is 11.8 Å². The number of nitrogens with zero attached hydrogens (tertiary/aromatic N) is 3. The summed E-state index contributed by atoms with van der Waals surface area (Å²) in [7, 11) is 0. The Morgan fingerprint density at radius 3 is 2.61 bits per heavy atom. The van der Waals surface area contributed by atoms with Crippen LogP contribution in [0.5, 0.6) is 5.75 Å². The Hall–Kier alpha value is -2.67. The van der Waals surface area contributed by atoms with Crippen molar-refractivity contribution in [3.8, 4) is 5.75 Å². The third-order valence-electron chi connectivity index (χ3n) is 5.20. The van der Waals surface area contributed by atoms with E-state index >= 15 is 0 Å². The van der Waals surface area contributed by atoms with E-state index in [1.807, 2.05) is 12.1 Å². The average Bonchev–Trinajstić information content (AvgIpc) is 2.76. The summed E-state index contributed by atoms with van der Waals surface area (Å²) in [5.74, 6) is -0.156. The maximum atomic E-state index is 13.8. The summed E-state index contributed by atoms with van der Waals surface area (Å²) < 4.78 is 24.9. The molecule has 0 N–H and O–H groups in total. The number of carbonyl (C=O) groups is 1. The van der Waals surface area contributed by atoms with Crippen molar-refractivity contribution in [3.63, 3.8) is 0 Å². The maximum Gasteiger partial charge on any atom is 0.272 e. The van der Waals surface area contributed by atoms with Crippen LogP contribution in [-0.4, -0.2) is 61.3 Å². The van der Waals surface area contributed by atoms with Crippen molar-refractivity contribution < 1.29 is 18.7 Å². The van der Waals surface area contributed by atoms with Crippen LogP contribution < -0.4 is 9.64 Å².